The monoisotopic (exact) mass is 392 g/mol. The molecule has 0 bridgehead atoms. The van der Waals surface area contributed by atoms with Crippen LogP contribution in [0.1, 0.15) is 11.3 Å². The highest BCUT2D eigenvalue weighted by Gasteiger charge is 2.29. The second-order valence-electron chi connectivity index (χ2n) is 6.41. The molecule has 0 fully saturated rings. The quantitative estimate of drug-likeness (QED) is 0.742. The number of hydrogen-bond acceptors (Lipinski definition) is 3. The highest BCUT2D eigenvalue weighted by molar-refractivity contribution is 6.45. The summed E-state index contributed by atoms with van der Waals surface area (Å²) in [5.41, 5.74) is 5.06. The van der Waals surface area contributed by atoms with E-state index in [9.17, 15) is 4.79 Å². The summed E-state index contributed by atoms with van der Waals surface area (Å²) in [7, 11) is 3.53. The Hall–Kier alpha value is -2.02. The molecular formula is C18H18Cl2N4O2. The number of aromatic nitrogens is 3. The van der Waals surface area contributed by atoms with E-state index in [4.69, 9.17) is 27.9 Å². The molecule has 4 rings (SSSR count). The maximum atomic E-state index is 12.3. The van der Waals surface area contributed by atoms with Crippen LogP contribution in [0.4, 0.5) is 0 Å². The number of aromatic amines is 1. The van der Waals surface area contributed by atoms with Crippen molar-refractivity contribution in [2.75, 3.05) is 20.3 Å². The average Bonchev–Trinajstić information content (AvgIpc) is 3.25. The Labute approximate surface area is 160 Å². The first kappa shape index (κ1) is 17.4. The van der Waals surface area contributed by atoms with Crippen LogP contribution in [0, 0.1) is 0 Å². The lowest BCUT2D eigenvalue weighted by Gasteiger charge is -2.28. The molecular weight excluding hydrogens is 375 g/mol. The molecule has 0 atom stereocenters. The lowest BCUT2D eigenvalue weighted by Crippen LogP contribution is -2.38. The SMILES string of the molecule is COCC(=O)N1CCc2c(c3c(-c4cn[nH]c4)cc(Cl)c(Cl)c3n2C)C1. The highest BCUT2D eigenvalue weighted by Crippen LogP contribution is 2.43. The van der Waals surface area contributed by atoms with Crippen LogP contribution in [0.15, 0.2) is 18.5 Å². The molecule has 3 heterocycles. The minimum absolute atomic E-state index is 0.0138. The zero-order valence-electron chi connectivity index (χ0n) is 14.5. The number of fused-ring (bicyclic) bond motifs is 3. The zero-order valence-corrected chi connectivity index (χ0v) is 16.0. The van der Waals surface area contributed by atoms with Crippen molar-refractivity contribution < 1.29 is 9.53 Å². The number of methoxy groups -OCH3 is 1. The summed E-state index contributed by atoms with van der Waals surface area (Å²) in [6.07, 6.45) is 4.35. The van der Waals surface area contributed by atoms with Gasteiger partial charge < -0.3 is 14.2 Å². The van der Waals surface area contributed by atoms with Crippen LogP contribution in [0.3, 0.4) is 0 Å². The Bertz CT molecular complexity index is 995. The van der Waals surface area contributed by atoms with Gasteiger partial charge in [0.15, 0.2) is 0 Å². The number of ether oxygens (including phenoxy) is 1. The number of H-pyrrole nitrogens is 1. The average molecular weight is 393 g/mol. The van der Waals surface area contributed by atoms with Crippen molar-refractivity contribution in [1.29, 1.82) is 0 Å². The Balaban J connectivity index is 1.95. The first-order chi connectivity index (χ1) is 12.5. The van der Waals surface area contributed by atoms with Crippen molar-refractivity contribution in [3.05, 3.63) is 39.8 Å². The van der Waals surface area contributed by atoms with Gasteiger partial charge in [0.2, 0.25) is 5.91 Å². The number of nitrogens with one attached hydrogen (secondary N) is 1. The van der Waals surface area contributed by atoms with Crippen LogP contribution in [0.5, 0.6) is 0 Å². The fourth-order valence-corrected chi connectivity index (χ4v) is 4.24. The smallest absolute Gasteiger partial charge is 0.248 e. The van der Waals surface area contributed by atoms with Gasteiger partial charge in [0.1, 0.15) is 6.61 Å². The summed E-state index contributed by atoms with van der Waals surface area (Å²) in [5, 5.41) is 8.95. The first-order valence-corrected chi connectivity index (χ1v) is 9.02. The zero-order chi connectivity index (χ0) is 18.4. The third-order valence-electron chi connectivity index (χ3n) is 4.98. The van der Waals surface area contributed by atoms with Crippen molar-refractivity contribution in [2.24, 2.45) is 7.05 Å². The van der Waals surface area contributed by atoms with Gasteiger partial charge in [-0.15, -0.1) is 0 Å². The maximum Gasteiger partial charge on any atom is 0.248 e. The van der Waals surface area contributed by atoms with Crippen LogP contribution >= 0.6 is 23.2 Å². The molecule has 26 heavy (non-hydrogen) atoms. The van der Waals surface area contributed by atoms with Crippen LogP contribution in [-0.4, -0.2) is 45.8 Å². The molecule has 1 amide bonds. The van der Waals surface area contributed by atoms with Gasteiger partial charge in [-0.1, -0.05) is 23.2 Å². The van der Waals surface area contributed by atoms with Crippen LogP contribution in [0.25, 0.3) is 22.0 Å². The third-order valence-corrected chi connectivity index (χ3v) is 5.76. The Morgan fingerprint density at radius 2 is 2.23 bits per heavy atom. The van der Waals surface area contributed by atoms with Crippen LogP contribution in [-0.2, 0) is 29.5 Å². The summed E-state index contributed by atoms with van der Waals surface area (Å²) >= 11 is 13.0. The summed E-state index contributed by atoms with van der Waals surface area (Å²) in [6, 6.07) is 1.87. The molecule has 8 heteroatoms. The van der Waals surface area contributed by atoms with E-state index in [-0.39, 0.29) is 12.5 Å². The van der Waals surface area contributed by atoms with Gasteiger partial charge in [-0.25, -0.2) is 0 Å². The van der Waals surface area contributed by atoms with Gasteiger partial charge >= 0.3 is 0 Å². The van der Waals surface area contributed by atoms with Gasteiger partial charge in [-0.2, -0.15) is 5.10 Å². The molecule has 3 aromatic rings. The summed E-state index contributed by atoms with van der Waals surface area (Å²) < 4.78 is 7.11. The lowest BCUT2D eigenvalue weighted by atomic mass is 9.98. The summed E-state index contributed by atoms with van der Waals surface area (Å²) in [5.74, 6) is -0.0138. The predicted octanol–water partition coefficient (Wildman–Crippen LogP) is 3.41. The van der Waals surface area contributed by atoms with Gasteiger partial charge in [0.25, 0.3) is 0 Å². The molecule has 1 aliphatic heterocycles. The Morgan fingerprint density at radius 1 is 1.42 bits per heavy atom. The van der Waals surface area contributed by atoms with Crippen molar-refractivity contribution in [2.45, 2.75) is 13.0 Å². The number of carbonyl (C=O) groups is 1. The number of hydrogen-bond donors (Lipinski definition) is 1. The molecule has 0 saturated heterocycles. The Kier molecular flexibility index (Phi) is 4.42. The van der Waals surface area contributed by atoms with Gasteiger partial charge in [0.05, 0.1) is 21.8 Å². The standard InChI is InChI=1S/C18H18Cl2N4O2/c1-23-14-3-4-24(15(25)9-26-2)8-12(14)16-11(10-6-21-22-7-10)5-13(19)17(20)18(16)23/h5-7H,3-4,8-9H2,1-2H3,(H,21,22). The largest absolute Gasteiger partial charge is 0.375 e. The molecule has 0 aliphatic carbocycles. The molecule has 0 unspecified atom stereocenters. The fourth-order valence-electron chi connectivity index (χ4n) is 3.77. The topological polar surface area (TPSA) is 63.1 Å². The van der Waals surface area contributed by atoms with Gasteiger partial charge in [-0.05, 0) is 11.6 Å². The second-order valence-corrected chi connectivity index (χ2v) is 7.20. The molecule has 0 spiro atoms. The second kappa shape index (κ2) is 6.61. The highest BCUT2D eigenvalue weighted by atomic mass is 35.5. The summed E-state index contributed by atoms with van der Waals surface area (Å²) in [6.45, 7) is 1.27. The minimum Gasteiger partial charge on any atom is -0.375 e. The van der Waals surface area contributed by atoms with E-state index < -0.39 is 0 Å². The fraction of sp³-hybridized carbons (Fsp3) is 0.333. The Morgan fingerprint density at radius 3 is 2.92 bits per heavy atom. The van der Waals surface area contributed by atoms with Gasteiger partial charge in [0, 0.05) is 62.1 Å². The van der Waals surface area contributed by atoms with E-state index in [0.717, 1.165) is 34.0 Å². The van der Waals surface area contributed by atoms with E-state index in [1.54, 1.807) is 6.20 Å². The van der Waals surface area contributed by atoms with Gasteiger partial charge in [-0.3, -0.25) is 9.89 Å². The van der Waals surface area contributed by atoms with Crippen LogP contribution < -0.4 is 0 Å². The van der Waals surface area contributed by atoms with Crippen molar-refractivity contribution in [3.8, 4) is 11.1 Å². The van der Waals surface area contributed by atoms with E-state index in [0.29, 0.717) is 23.1 Å². The number of nitrogens with zero attached hydrogens (tertiary/aromatic N) is 3. The predicted molar refractivity (Wildman–Crippen MR) is 102 cm³/mol. The van der Waals surface area contributed by atoms with E-state index in [1.165, 1.54) is 12.8 Å². The van der Waals surface area contributed by atoms with Crippen molar-refractivity contribution >= 4 is 40.0 Å². The maximum absolute atomic E-state index is 12.3. The number of benzene rings is 1. The normalized spacial score (nSPS) is 14.1. The van der Waals surface area contributed by atoms with E-state index in [2.05, 4.69) is 14.8 Å². The van der Waals surface area contributed by atoms with Crippen molar-refractivity contribution in [3.63, 3.8) is 0 Å². The van der Waals surface area contributed by atoms with E-state index in [1.807, 2.05) is 24.2 Å². The molecule has 6 nitrogen and oxygen atoms in total. The number of carbonyl (C=O) groups excluding carboxylic acids is 1. The van der Waals surface area contributed by atoms with E-state index >= 15 is 0 Å². The first-order valence-electron chi connectivity index (χ1n) is 8.27. The molecule has 1 N–H and O–H groups in total. The van der Waals surface area contributed by atoms with Crippen molar-refractivity contribution in [1.82, 2.24) is 19.7 Å². The molecule has 0 saturated carbocycles. The molecule has 0 radical (unpaired) electrons. The number of halogens is 2. The lowest BCUT2D eigenvalue weighted by molar-refractivity contribution is -0.136. The molecule has 2 aromatic heterocycles. The third kappa shape index (κ3) is 2.60. The number of rotatable bonds is 3. The molecule has 136 valence electrons. The number of aryl methyl sites for hydroxylation is 1. The number of amides is 1. The minimum atomic E-state index is -0.0138. The van der Waals surface area contributed by atoms with Crippen LogP contribution in [0.2, 0.25) is 10.0 Å². The molecule has 1 aliphatic rings. The molecule has 1 aromatic carbocycles. The summed E-state index contributed by atoms with van der Waals surface area (Å²) in [4.78, 5) is 14.1.